The highest BCUT2D eigenvalue weighted by molar-refractivity contribution is 7.99. The van der Waals surface area contributed by atoms with E-state index < -0.39 is 40.7 Å². The summed E-state index contributed by atoms with van der Waals surface area (Å²) < 4.78 is 5.36. The zero-order chi connectivity index (χ0) is 12.5. The van der Waals surface area contributed by atoms with Crippen molar-refractivity contribution in [2.45, 2.75) is 40.7 Å². The predicted molar refractivity (Wildman–Crippen MR) is 63.7 cm³/mol. The summed E-state index contributed by atoms with van der Waals surface area (Å²) in [7, 11) is 0. The number of ether oxygens (including phenoxy) is 1. The molecule has 1 aliphatic heterocycles. The number of aliphatic hydroxyl groups excluding tert-OH is 3. The maximum absolute atomic E-state index is 9.70. The standard InChI is InChI=1S/C8H15Cl2NO4S/c1-16-8-5(14)3(12)4(13)6(15-8)2(11)7(9)10/h2-8,12-14H,11H2,1H3/t2-,3-,4+,5+,6+,8-/m0/s1. The van der Waals surface area contributed by atoms with Crippen LogP contribution in [0.15, 0.2) is 0 Å². The first-order chi connectivity index (χ1) is 7.40. The van der Waals surface area contributed by atoms with Gasteiger partial charge in [0.2, 0.25) is 0 Å². The van der Waals surface area contributed by atoms with Crippen molar-refractivity contribution in [3.8, 4) is 0 Å². The Labute approximate surface area is 108 Å². The Hall–Kier alpha value is 0.730. The number of aliphatic hydroxyl groups is 3. The van der Waals surface area contributed by atoms with E-state index in [4.69, 9.17) is 33.7 Å². The molecule has 5 nitrogen and oxygen atoms in total. The fraction of sp³-hybridized carbons (Fsp3) is 1.00. The molecule has 0 aliphatic carbocycles. The number of rotatable bonds is 3. The number of nitrogens with two attached hydrogens (primary N) is 1. The van der Waals surface area contributed by atoms with E-state index in [9.17, 15) is 15.3 Å². The van der Waals surface area contributed by atoms with Gasteiger partial charge in [0.15, 0.2) is 0 Å². The van der Waals surface area contributed by atoms with Gasteiger partial charge in [0.1, 0.15) is 34.7 Å². The summed E-state index contributed by atoms with van der Waals surface area (Å²) in [6.45, 7) is 0. The average molecular weight is 292 g/mol. The van der Waals surface area contributed by atoms with Gasteiger partial charge in [0.05, 0.1) is 6.04 Å². The SMILES string of the molecule is CS[C@@H]1O[C@H]([C@H](N)C(Cl)Cl)[C@H](O)[C@H](O)[C@H]1O. The van der Waals surface area contributed by atoms with Crippen molar-refractivity contribution in [2.24, 2.45) is 5.73 Å². The molecule has 0 unspecified atom stereocenters. The molecular formula is C8H15Cl2NO4S. The molecule has 0 aromatic rings. The lowest BCUT2D eigenvalue weighted by molar-refractivity contribution is -0.201. The van der Waals surface area contributed by atoms with E-state index in [0.29, 0.717) is 0 Å². The van der Waals surface area contributed by atoms with Crippen molar-refractivity contribution in [3.05, 3.63) is 0 Å². The van der Waals surface area contributed by atoms with Gasteiger partial charge in [-0.3, -0.25) is 0 Å². The van der Waals surface area contributed by atoms with Crippen LogP contribution in [0.4, 0.5) is 0 Å². The summed E-state index contributed by atoms with van der Waals surface area (Å²) in [5, 5.41) is 28.9. The van der Waals surface area contributed by atoms with E-state index in [0.717, 1.165) is 0 Å². The lowest BCUT2D eigenvalue weighted by Crippen LogP contribution is -2.62. The molecule has 1 aliphatic rings. The molecule has 0 saturated carbocycles. The van der Waals surface area contributed by atoms with Crippen molar-refractivity contribution in [1.29, 1.82) is 0 Å². The van der Waals surface area contributed by atoms with Crippen molar-refractivity contribution in [1.82, 2.24) is 0 Å². The van der Waals surface area contributed by atoms with Crippen LogP contribution in [-0.2, 0) is 4.74 Å². The molecule has 0 aromatic carbocycles. The lowest BCUT2D eigenvalue weighted by Gasteiger charge is -2.42. The number of alkyl halides is 2. The highest BCUT2D eigenvalue weighted by Crippen LogP contribution is 2.29. The Morgan fingerprint density at radius 3 is 2.19 bits per heavy atom. The maximum Gasteiger partial charge on any atom is 0.132 e. The minimum absolute atomic E-state index is 0.665. The zero-order valence-electron chi connectivity index (χ0n) is 8.53. The van der Waals surface area contributed by atoms with Gasteiger partial charge in [-0.2, -0.15) is 0 Å². The van der Waals surface area contributed by atoms with Crippen LogP contribution < -0.4 is 5.73 Å². The molecule has 8 heteroatoms. The Morgan fingerprint density at radius 1 is 1.19 bits per heavy atom. The summed E-state index contributed by atoms with van der Waals surface area (Å²) in [4.78, 5) is -0.926. The van der Waals surface area contributed by atoms with Crippen LogP contribution in [0.3, 0.4) is 0 Å². The smallest absolute Gasteiger partial charge is 0.132 e. The van der Waals surface area contributed by atoms with Crippen LogP contribution >= 0.6 is 35.0 Å². The second-order valence-electron chi connectivity index (χ2n) is 3.59. The Bertz CT molecular complexity index is 234. The van der Waals surface area contributed by atoms with Crippen LogP contribution in [0.2, 0.25) is 0 Å². The molecule has 0 radical (unpaired) electrons. The maximum atomic E-state index is 9.70. The molecular weight excluding hydrogens is 277 g/mol. The predicted octanol–water partition coefficient (Wildman–Crippen LogP) is -0.712. The molecule has 0 aromatic heterocycles. The topological polar surface area (TPSA) is 95.9 Å². The molecule has 0 bridgehead atoms. The van der Waals surface area contributed by atoms with Gasteiger partial charge in [-0.25, -0.2) is 0 Å². The molecule has 5 N–H and O–H groups in total. The van der Waals surface area contributed by atoms with Crippen LogP contribution in [0.1, 0.15) is 0 Å². The van der Waals surface area contributed by atoms with E-state index in [1.54, 1.807) is 6.26 Å². The van der Waals surface area contributed by atoms with Crippen LogP contribution in [-0.4, -0.2) is 62.3 Å². The van der Waals surface area contributed by atoms with Crippen LogP contribution in [0.25, 0.3) is 0 Å². The van der Waals surface area contributed by atoms with Crippen LogP contribution in [0.5, 0.6) is 0 Å². The first-order valence-electron chi connectivity index (χ1n) is 4.66. The van der Waals surface area contributed by atoms with Crippen molar-refractivity contribution in [2.75, 3.05) is 6.26 Å². The average Bonchev–Trinajstić information content (AvgIpc) is 2.25. The van der Waals surface area contributed by atoms with E-state index in [1.165, 1.54) is 11.8 Å². The second kappa shape index (κ2) is 6.06. The van der Waals surface area contributed by atoms with Gasteiger partial charge in [-0.1, -0.05) is 0 Å². The molecule has 1 saturated heterocycles. The third kappa shape index (κ3) is 2.94. The highest BCUT2D eigenvalue weighted by atomic mass is 35.5. The number of halogens is 2. The Morgan fingerprint density at radius 2 is 1.75 bits per heavy atom. The number of hydrogen-bond acceptors (Lipinski definition) is 6. The summed E-state index contributed by atoms with van der Waals surface area (Å²) in [6.07, 6.45) is -3.00. The second-order valence-corrected chi connectivity index (χ2v) is 5.69. The van der Waals surface area contributed by atoms with E-state index in [-0.39, 0.29) is 0 Å². The van der Waals surface area contributed by atoms with Crippen LogP contribution in [0, 0.1) is 0 Å². The summed E-state index contributed by atoms with van der Waals surface area (Å²) in [5.41, 5.74) is 4.99. The van der Waals surface area contributed by atoms with Gasteiger partial charge < -0.3 is 25.8 Å². The third-order valence-electron chi connectivity index (χ3n) is 2.51. The minimum Gasteiger partial charge on any atom is -0.388 e. The van der Waals surface area contributed by atoms with Gasteiger partial charge in [-0.05, 0) is 6.26 Å². The first-order valence-corrected chi connectivity index (χ1v) is 6.82. The van der Waals surface area contributed by atoms with E-state index in [2.05, 4.69) is 0 Å². The molecule has 1 heterocycles. The summed E-state index contributed by atoms with van der Waals surface area (Å²) in [6, 6.07) is -0.838. The number of thioether (sulfide) groups is 1. The monoisotopic (exact) mass is 291 g/mol. The fourth-order valence-electron chi connectivity index (χ4n) is 1.53. The van der Waals surface area contributed by atoms with Gasteiger partial charge in [-0.15, -0.1) is 35.0 Å². The van der Waals surface area contributed by atoms with Gasteiger partial charge >= 0.3 is 0 Å². The van der Waals surface area contributed by atoms with E-state index in [1.807, 2.05) is 0 Å². The summed E-state index contributed by atoms with van der Waals surface area (Å²) >= 11 is 12.4. The van der Waals surface area contributed by atoms with E-state index >= 15 is 0 Å². The third-order valence-corrected chi connectivity index (χ3v) is 3.95. The van der Waals surface area contributed by atoms with Gasteiger partial charge in [0.25, 0.3) is 0 Å². The van der Waals surface area contributed by atoms with Crippen molar-refractivity contribution >= 4 is 35.0 Å². The molecule has 16 heavy (non-hydrogen) atoms. The molecule has 6 atom stereocenters. The Balaban J connectivity index is 2.78. The first kappa shape index (κ1) is 14.8. The van der Waals surface area contributed by atoms with Crippen molar-refractivity contribution < 1.29 is 20.1 Å². The molecule has 1 fully saturated rings. The highest BCUT2D eigenvalue weighted by Gasteiger charge is 2.46. The largest absolute Gasteiger partial charge is 0.388 e. The zero-order valence-corrected chi connectivity index (χ0v) is 10.9. The lowest BCUT2D eigenvalue weighted by atomic mass is 9.96. The Kier molecular flexibility index (Phi) is 5.60. The number of hydrogen-bond donors (Lipinski definition) is 4. The normalized spacial score (nSPS) is 42.4. The summed E-state index contributed by atoms with van der Waals surface area (Å²) in [5.74, 6) is 0. The minimum atomic E-state index is -1.32. The molecule has 0 spiro atoms. The van der Waals surface area contributed by atoms with Gasteiger partial charge in [0, 0.05) is 0 Å². The quantitative estimate of drug-likeness (QED) is 0.513. The molecule has 1 rings (SSSR count). The van der Waals surface area contributed by atoms with Crippen molar-refractivity contribution in [3.63, 3.8) is 0 Å². The molecule has 96 valence electrons. The fourth-order valence-corrected chi connectivity index (χ4v) is 2.50. The molecule has 0 amide bonds.